The molecule has 0 aliphatic heterocycles. The molecule has 0 heterocycles. The molecule has 3 unspecified atom stereocenters. The Balaban J connectivity index is 1.91. The lowest BCUT2D eigenvalue weighted by Crippen LogP contribution is -2.41. The van der Waals surface area contributed by atoms with Crippen LogP contribution in [0.1, 0.15) is 22.3 Å². The molecule has 0 radical (unpaired) electrons. The molecule has 3 aromatic rings. The standard InChI is InChI=1S/C27H25BrO2/c28-24-16-15-21(17-20-9-3-1-4-10-20)26(18-24)27(30,23-12-5-2-6-13-23)25-14-8-7-11-22(25)19-29/h1-16,18,22,25,29-30H,17,19H2. The predicted molar refractivity (Wildman–Crippen MR) is 125 cm³/mol. The average Bonchev–Trinajstić information content (AvgIpc) is 2.81. The Labute approximate surface area is 186 Å². The van der Waals surface area contributed by atoms with Gasteiger partial charge >= 0.3 is 0 Å². The van der Waals surface area contributed by atoms with Gasteiger partial charge < -0.3 is 10.2 Å². The molecule has 3 atom stereocenters. The number of hydrogen-bond donors (Lipinski definition) is 2. The predicted octanol–water partition coefficient (Wildman–Crippen LogP) is 5.63. The van der Waals surface area contributed by atoms with Gasteiger partial charge in [-0.3, -0.25) is 0 Å². The van der Waals surface area contributed by atoms with Gasteiger partial charge in [0.05, 0.1) is 6.61 Å². The Morgan fingerprint density at radius 1 is 0.833 bits per heavy atom. The molecule has 0 aromatic heterocycles. The quantitative estimate of drug-likeness (QED) is 0.500. The van der Waals surface area contributed by atoms with Crippen molar-refractivity contribution < 1.29 is 10.2 Å². The summed E-state index contributed by atoms with van der Waals surface area (Å²) in [6.45, 7) is -0.0251. The van der Waals surface area contributed by atoms with Gasteiger partial charge in [0.15, 0.2) is 0 Å². The van der Waals surface area contributed by atoms with E-state index in [4.69, 9.17) is 0 Å². The summed E-state index contributed by atoms with van der Waals surface area (Å²) in [7, 11) is 0. The molecule has 0 saturated carbocycles. The number of allylic oxidation sites excluding steroid dienone is 2. The minimum Gasteiger partial charge on any atom is -0.396 e. The van der Waals surface area contributed by atoms with Gasteiger partial charge in [0.25, 0.3) is 0 Å². The van der Waals surface area contributed by atoms with Gasteiger partial charge in [0.1, 0.15) is 5.60 Å². The second-order valence-corrected chi connectivity index (χ2v) is 8.65. The van der Waals surface area contributed by atoms with Crippen LogP contribution < -0.4 is 0 Å². The number of hydrogen-bond acceptors (Lipinski definition) is 2. The molecular weight excluding hydrogens is 436 g/mol. The van der Waals surface area contributed by atoms with E-state index < -0.39 is 5.60 Å². The second kappa shape index (κ2) is 9.13. The van der Waals surface area contributed by atoms with Gasteiger partial charge in [-0.1, -0.05) is 107 Å². The van der Waals surface area contributed by atoms with Crippen LogP contribution in [0.15, 0.2) is 108 Å². The minimum atomic E-state index is -1.29. The first-order chi connectivity index (χ1) is 14.6. The first-order valence-corrected chi connectivity index (χ1v) is 11.0. The molecule has 0 bridgehead atoms. The first-order valence-electron chi connectivity index (χ1n) is 10.2. The van der Waals surface area contributed by atoms with Gasteiger partial charge in [-0.25, -0.2) is 0 Å². The van der Waals surface area contributed by atoms with Crippen molar-refractivity contribution in [2.45, 2.75) is 12.0 Å². The van der Waals surface area contributed by atoms with Crippen LogP contribution in [0.4, 0.5) is 0 Å². The van der Waals surface area contributed by atoms with E-state index in [1.54, 1.807) is 0 Å². The molecule has 1 aliphatic rings. The molecular formula is C27H25BrO2. The number of aliphatic hydroxyl groups excluding tert-OH is 1. The van der Waals surface area contributed by atoms with Crippen molar-refractivity contribution in [3.8, 4) is 0 Å². The number of halogens is 1. The van der Waals surface area contributed by atoms with Crippen molar-refractivity contribution >= 4 is 15.9 Å². The summed E-state index contributed by atoms with van der Waals surface area (Å²) in [5, 5.41) is 22.5. The molecule has 0 fully saturated rings. The van der Waals surface area contributed by atoms with Crippen LogP contribution in [-0.4, -0.2) is 16.8 Å². The van der Waals surface area contributed by atoms with Crippen LogP contribution in [-0.2, 0) is 12.0 Å². The Kier molecular flexibility index (Phi) is 6.33. The first kappa shape index (κ1) is 20.8. The fourth-order valence-electron chi connectivity index (χ4n) is 4.37. The zero-order chi connectivity index (χ0) is 21.0. The van der Waals surface area contributed by atoms with Gasteiger partial charge in [0.2, 0.25) is 0 Å². The zero-order valence-electron chi connectivity index (χ0n) is 16.7. The van der Waals surface area contributed by atoms with E-state index in [1.165, 1.54) is 5.56 Å². The lowest BCUT2D eigenvalue weighted by Gasteiger charge is -2.41. The van der Waals surface area contributed by atoms with Crippen molar-refractivity contribution in [3.63, 3.8) is 0 Å². The van der Waals surface area contributed by atoms with Crippen molar-refractivity contribution in [3.05, 3.63) is 130 Å². The molecule has 2 N–H and O–H groups in total. The molecule has 0 saturated heterocycles. The van der Waals surface area contributed by atoms with Gasteiger partial charge in [-0.15, -0.1) is 0 Å². The largest absolute Gasteiger partial charge is 0.396 e. The van der Waals surface area contributed by atoms with Crippen LogP contribution in [0.5, 0.6) is 0 Å². The summed E-state index contributed by atoms with van der Waals surface area (Å²) in [6.07, 6.45) is 8.61. The molecule has 3 heteroatoms. The van der Waals surface area contributed by atoms with E-state index in [9.17, 15) is 10.2 Å². The third kappa shape index (κ3) is 4.06. The monoisotopic (exact) mass is 460 g/mol. The average molecular weight is 461 g/mol. The van der Waals surface area contributed by atoms with Gasteiger partial charge in [0, 0.05) is 16.3 Å². The smallest absolute Gasteiger partial charge is 0.122 e. The molecule has 2 nitrogen and oxygen atoms in total. The highest BCUT2D eigenvalue weighted by atomic mass is 79.9. The molecule has 1 aliphatic carbocycles. The van der Waals surface area contributed by atoms with Crippen LogP contribution >= 0.6 is 15.9 Å². The topological polar surface area (TPSA) is 40.5 Å². The molecule has 3 aromatic carbocycles. The fraction of sp³-hybridized carbons (Fsp3) is 0.185. The third-order valence-electron chi connectivity index (χ3n) is 5.88. The Bertz CT molecular complexity index is 1040. The maximum Gasteiger partial charge on any atom is 0.122 e. The Morgan fingerprint density at radius 2 is 1.50 bits per heavy atom. The minimum absolute atomic E-state index is 0.0251. The molecule has 152 valence electrons. The highest BCUT2D eigenvalue weighted by molar-refractivity contribution is 9.10. The zero-order valence-corrected chi connectivity index (χ0v) is 18.2. The number of benzene rings is 3. The normalized spacial score (nSPS) is 20.1. The maximum absolute atomic E-state index is 12.4. The molecule has 0 spiro atoms. The highest BCUT2D eigenvalue weighted by Gasteiger charge is 2.44. The summed E-state index contributed by atoms with van der Waals surface area (Å²) < 4.78 is 0.916. The van der Waals surface area contributed by atoms with E-state index in [0.29, 0.717) is 6.42 Å². The van der Waals surface area contributed by atoms with E-state index >= 15 is 0 Å². The Hall–Kier alpha value is -2.46. The van der Waals surface area contributed by atoms with Crippen molar-refractivity contribution in [1.29, 1.82) is 0 Å². The lowest BCUT2D eigenvalue weighted by molar-refractivity contribution is 0.00749. The van der Waals surface area contributed by atoms with Gasteiger partial charge in [-0.2, -0.15) is 0 Å². The van der Waals surface area contributed by atoms with Crippen molar-refractivity contribution in [1.82, 2.24) is 0 Å². The fourth-order valence-corrected chi connectivity index (χ4v) is 4.73. The number of aliphatic hydroxyl groups is 2. The highest BCUT2D eigenvalue weighted by Crippen LogP contribution is 2.45. The molecule has 0 amide bonds. The Morgan fingerprint density at radius 3 is 2.20 bits per heavy atom. The van der Waals surface area contributed by atoms with Crippen LogP contribution in [0, 0.1) is 11.8 Å². The second-order valence-electron chi connectivity index (χ2n) is 7.74. The third-order valence-corrected chi connectivity index (χ3v) is 6.37. The lowest BCUT2D eigenvalue weighted by atomic mass is 9.68. The summed E-state index contributed by atoms with van der Waals surface area (Å²) >= 11 is 3.61. The SMILES string of the molecule is OCC1C=CC=CC1C(O)(c1ccccc1)c1cc(Br)ccc1Cc1ccccc1. The van der Waals surface area contributed by atoms with E-state index in [2.05, 4.69) is 34.1 Å². The van der Waals surface area contributed by atoms with Crippen LogP contribution in [0.2, 0.25) is 0 Å². The van der Waals surface area contributed by atoms with E-state index in [1.807, 2.05) is 85.0 Å². The molecule has 30 heavy (non-hydrogen) atoms. The summed E-state index contributed by atoms with van der Waals surface area (Å²) in [4.78, 5) is 0. The van der Waals surface area contributed by atoms with E-state index in [-0.39, 0.29) is 18.4 Å². The summed E-state index contributed by atoms with van der Waals surface area (Å²) in [5.74, 6) is -0.470. The summed E-state index contributed by atoms with van der Waals surface area (Å²) in [5.41, 5.74) is 2.64. The summed E-state index contributed by atoms with van der Waals surface area (Å²) in [6, 6.07) is 26.2. The molecule has 4 rings (SSSR count). The number of rotatable bonds is 6. The van der Waals surface area contributed by atoms with Gasteiger partial charge in [-0.05, 0) is 40.8 Å². The van der Waals surface area contributed by atoms with Crippen molar-refractivity contribution in [2.75, 3.05) is 6.61 Å². The van der Waals surface area contributed by atoms with Crippen LogP contribution in [0.3, 0.4) is 0 Å². The van der Waals surface area contributed by atoms with Crippen molar-refractivity contribution in [2.24, 2.45) is 11.8 Å². The van der Waals surface area contributed by atoms with E-state index in [0.717, 1.165) is 21.2 Å². The van der Waals surface area contributed by atoms with Crippen LogP contribution in [0.25, 0.3) is 0 Å². The maximum atomic E-state index is 12.4.